The topological polar surface area (TPSA) is 75.6 Å². The standard InChI is InChI=1S/C14H19NO4/c1-4-12(15-13(16)9(2)14(17)18)10-5-7-11(19-3)8-6-10/h5-9,12H,4H2,1-3H3,(H,15,16)(H,17,18). The molecule has 0 aromatic heterocycles. The van der Waals surface area contributed by atoms with Crippen LogP contribution >= 0.6 is 0 Å². The highest BCUT2D eigenvalue weighted by atomic mass is 16.5. The third-order valence-corrected chi connectivity index (χ3v) is 3.01. The predicted molar refractivity (Wildman–Crippen MR) is 71.0 cm³/mol. The maximum absolute atomic E-state index is 11.7. The molecule has 1 amide bonds. The molecule has 5 heteroatoms. The van der Waals surface area contributed by atoms with Gasteiger partial charge < -0.3 is 15.2 Å². The van der Waals surface area contributed by atoms with Gasteiger partial charge in [-0.1, -0.05) is 19.1 Å². The number of nitrogens with one attached hydrogen (secondary N) is 1. The summed E-state index contributed by atoms with van der Waals surface area (Å²) in [4.78, 5) is 22.5. The van der Waals surface area contributed by atoms with Gasteiger partial charge in [0.25, 0.3) is 0 Å². The molecular weight excluding hydrogens is 246 g/mol. The van der Waals surface area contributed by atoms with Crippen molar-refractivity contribution in [3.8, 4) is 5.75 Å². The highest BCUT2D eigenvalue weighted by molar-refractivity contribution is 5.96. The Labute approximate surface area is 112 Å². The lowest BCUT2D eigenvalue weighted by Gasteiger charge is -2.19. The summed E-state index contributed by atoms with van der Waals surface area (Å²) in [7, 11) is 1.59. The van der Waals surface area contributed by atoms with E-state index in [-0.39, 0.29) is 6.04 Å². The van der Waals surface area contributed by atoms with E-state index < -0.39 is 17.8 Å². The molecule has 2 atom stereocenters. The van der Waals surface area contributed by atoms with E-state index in [2.05, 4.69) is 5.32 Å². The van der Waals surface area contributed by atoms with Gasteiger partial charge in [0.2, 0.25) is 5.91 Å². The van der Waals surface area contributed by atoms with Gasteiger partial charge in [0.1, 0.15) is 11.7 Å². The van der Waals surface area contributed by atoms with E-state index in [1.54, 1.807) is 7.11 Å². The summed E-state index contributed by atoms with van der Waals surface area (Å²) >= 11 is 0. The number of carbonyl (C=O) groups excluding carboxylic acids is 1. The van der Waals surface area contributed by atoms with Crippen LogP contribution in [-0.4, -0.2) is 24.1 Å². The second kappa shape index (κ2) is 6.78. The molecule has 0 saturated carbocycles. The second-order valence-electron chi connectivity index (χ2n) is 4.30. The van der Waals surface area contributed by atoms with Gasteiger partial charge in [-0.3, -0.25) is 9.59 Å². The number of carbonyl (C=O) groups is 2. The Morgan fingerprint density at radius 3 is 2.32 bits per heavy atom. The van der Waals surface area contributed by atoms with Gasteiger partial charge in [-0.15, -0.1) is 0 Å². The van der Waals surface area contributed by atoms with Gasteiger partial charge in [0, 0.05) is 0 Å². The molecule has 1 aromatic carbocycles. The van der Waals surface area contributed by atoms with E-state index >= 15 is 0 Å². The zero-order valence-corrected chi connectivity index (χ0v) is 11.3. The van der Waals surface area contributed by atoms with Crippen molar-refractivity contribution in [3.63, 3.8) is 0 Å². The van der Waals surface area contributed by atoms with Crippen LogP contribution in [0.1, 0.15) is 31.9 Å². The number of carboxylic acids is 1. The molecule has 0 aliphatic heterocycles. The van der Waals surface area contributed by atoms with Crippen molar-refractivity contribution >= 4 is 11.9 Å². The first-order chi connectivity index (χ1) is 8.99. The SMILES string of the molecule is CCC(NC(=O)C(C)C(=O)O)c1ccc(OC)cc1. The molecule has 5 nitrogen and oxygen atoms in total. The fraction of sp³-hybridized carbons (Fsp3) is 0.429. The zero-order chi connectivity index (χ0) is 14.4. The molecule has 0 saturated heterocycles. The first-order valence-electron chi connectivity index (χ1n) is 6.16. The van der Waals surface area contributed by atoms with Gasteiger partial charge in [-0.2, -0.15) is 0 Å². The molecule has 0 spiro atoms. The maximum Gasteiger partial charge on any atom is 0.315 e. The summed E-state index contributed by atoms with van der Waals surface area (Å²) in [6.07, 6.45) is 0.685. The summed E-state index contributed by atoms with van der Waals surface area (Å²) in [6, 6.07) is 7.15. The highest BCUT2D eigenvalue weighted by Gasteiger charge is 2.23. The first-order valence-corrected chi connectivity index (χ1v) is 6.16. The van der Waals surface area contributed by atoms with Crippen molar-refractivity contribution in [2.75, 3.05) is 7.11 Å². The average Bonchev–Trinajstić information content (AvgIpc) is 2.43. The quantitative estimate of drug-likeness (QED) is 0.771. The third kappa shape index (κ3) is 3.98. The molecule has 0 aliphatic carbocycles. The Morgan fingerprint density at radius 1 is 1.32 bits per heavy atom. The Morgan fingerprint density at radius 2 is 1.89 bits per heavy atom. The monoisotopic (exact) mass is 265 g/mol. The van der Waals surface area contributed by atoms with Crippen molar-refractivity contribution in [1.29, 1.82) is 0 Å². The fourth-order valence-corrected chi connectivity index (χ4v) is 1.67. The van der Waals surface area contributed by atoms with Gasteiger partial charge in [-0.25, -0.2) is 0 Å². The molecule has 0 aliphatic rings. The van der Waals surface area contributed by atoms with E-state index in [0.29, 0.717) is 6.42 Å². The van der Waals surface area contributed by atoms with Gasteiger partial charge in [-0.05, 0) is 31.0 Å². The van der Waals surface area contributed by atoms with Crippen LogP contribution in [0.4, 0.5) is 0 Å². The molecule has 0 fully saturated rings. The summed E-state index contributed by atoms with van der Waals surface area (Å²) in [5, 5.41) is 11.5. The smallest absolute Gasteiger partial charge is 0.315 e. The number of aliphatic carboxylic acids is 1. The Balaban J connectivity index is 2.77. The first kappa shape index (κ1) is 15.0. The molecule has 1 aromatic rings. The van der Waals surface area contributed by atoms with Gasteiger partial charge >= 0.3 is 5.97 Å². The van der Waals surface area contributed by atoms with Gasteiger partial charge in [0.05, 0.1) is 13.2 Å². The minimum Gasteiger partial charge on any atom is -0.497 e. The van der Waals surface area contributed by atoms with E-state index in [0.717, 1.165) is 11.3 Å². The van der Waals surface area contributed by atoms with Crippen molar-refractivity contribution in [2.45, 2.75) is 26.3 Å². The number of methoxy groups -OCH3 is 1. The van der Waals surface area contributed by atoms with Crippen LogP contribution in [0.3, 0.4) is 0 Å². The molecule has 0 bridgehead atoms. The van der Waals surface area contributed by atoms with E-state index in [1.165, 1.54) is 6.92 Å². The second-order valence-corrected chi connectivity index (χ2v) is 4.30. The number of hydrogen-bond acceptors (Lipinski definition) is 3. The molecule has 2 unspecified atom stereocenters. The maximum atomic E-state index is 11.7. The molecule has 104 valence electrons. The zero-order valence-electron chi connectivity index (χ0n) is 11.3. The Hall–Kier alpha value is -2.04. The van der Waals surface area contributed by atoms with Crippen LogP contribution in [0.25, 0.3) is 0 Å². The van der Waals surface area contributed by atoms with E-state index in [9.17, 15) is 9.59 Å². The minimum atomic E-state index is -1.12. The van der Waals surface area contributed by atoms with Crippen LogP contribution in [0.2, 0.25) is 0 Å². The molecule has 2 N–H and O–H groups in total. The highest BCUT2D eigenvalue weighted by Crippen LogP contribution is 2.20. The lowest BCUT2D eigenvalue weighted by molar-refractivity contribution is -0.146. The summed E-state index contributed by atoms with van der Waals surface area (Å²) in [5.74, 6) is -1.91. The van der Waals surface area contributed by atoms with Gasteiger partial charge in [0.15, 0.2) is 0 Å². The van der Waals surface area contributed by atoms with Crippen LogP contribution in [0.5, 0.6) is 5.75 Å². The largest absolute Gasteiger partial charge is 0.497 e. The Bertz CT molecular complexity index is 441. The average molecular weight is 265 g/mol. The lowest BCUT2D eigenvalue weighted by Crippen LogP contribution is -2.36. The Kier molecular flexibility index (Phi) is 5.36. The van der Waals surface area contributed by atoms with E-state index in [1.807, 2.05) is 31.2 Å². The number of hydrogen-bond donors (Lipinski definition) is 2. The number of rotatable bonds is 6. The number of benzene rings is 1. The lowest BCUT2D eigenvalue weighted by atomic mass is 10.0. The number of ether oxygens (including phenoxy) is 1. The van der Waals surface area contributed by atoms with Crippen LogP contribution in [-0.2, 0) is 9.59 Å². The fourth-order valence-electron chi connectivity index (χ4n) is 1.67. The summed E-state index contributed by atoms with van der Waals surface area (Å²) in [5.41, 5.74) is 0.925. The van der Waals surface area contributed by atoms with Crippen LogP contribution < -0.4 is 10.1 Å². The normalized spacial score (nSPS) is 13.4. The predicted octanol–water partition coefficient (Wildman–Crippen LogP) is 1.98. The minimum absolute atomic E-state index is 0.194. The van der Waals surface area contributed by atoms with Crippen molar-refractivity contribution in [2.24, 2.45) is 5.92 Å². The molecular formula is C14H19NO4. The molecule has 0 heterocycles. The van der Waals surface area contributed by atoms with Crippen molar-refractivity contribution in [1.82, 2.24) is 5.32 Å². The third-order valence-electron chi connectivity index (χ3n) is 3.01. The van der Waals surface area contributed by atoms with Crippen LogP contribution in [0, 0.1) is 5.92 Å². The molecule has 0 radical (unpaired) electrons. The molecule has 1 rings (SSSR count). The number of amides is 1. The molecule has 19 heavy (non-hydrogen) atoms. The van der Waals surface area contributed by atoms with Crippen molar-refractivity contribution < 1.29 is 19.4 Å². The number of carboxylic acid groups (broad SMARTS) is 1. The van der Waals surface area contributed by atoms with Crippen LogP contribution in [0.15, 0.2) is 24.3 Å². The van der Waals surface area contributed by atoms with Crippen molar-refractivity contribution in [3.05, 3.63) is 29.8 Å². The van der Waals surface area contributed by atoms with E-state index in [4.69, 9.17) is 9.84 Å². The summed E-state index contributed by atoms with van der Waals surface area (Å²) < 4.78 is 5.07. The summed E-state index contributed by atoms with van der Waals surface area (Å²) in [6.45, 7) is 3.30.